The summed E-state index contributed by atoms with van der Waals surface area (Å²) in [4.78, 5) is 0. The van der Waals surface area contributed by atoms with Gasteiger partial charge >= 0.3 is 0 Å². The third-order valence-corrected chi connectivity index (χ3v) is 4.20. The Kier molecular flexibility index (Phi) is 3.52. The normalized spacial score (nSPS) is 14.5. The lowest BCUT2D eigenvalue weighted by molar-refractivity contribution is 0.386. The molecule has 1 heterocycles. The van der Waals surface area contributed by atoms with E-state index in [1.807, 2.05) is 10.6 Å². The van der Waals surface area contributed by atoms with Crippen LogP contribution in [0, 0.1) is 5.82 Å². The van der Waals surface area contributed by atoms with Crippen LogP contribution in [0.15, 0.2) is 23.4 Å². The van der Waals surface area contributed by atoms with Crippen molar-refractivity contribution in [1.29, 1.82) is 0 Å². The summed E-state index contributed by atoms with van der Waals surface area (Å²) in [6, 6.07) is 5.38. The standard InChI is InChI=1S/C13H15FN4OS/c1-19-11-5-2-8(6-10(11)14)7-20-13-17-16-12(15)18(13)9-3-4-9/h2,5-6,9H,3-4,7H2,1H3,(H2,15,16). The van der Waals surface area contributed by atoms with Crippen LogP contribution in [0.4, 0.5) is 10.3 Å². The number of hydrogen-bond donors (Lipinski definition) is 1. The van der Waals surface area contributed by atoms with E-state index >= 15 is 0 Å². The Labute approximate surface area is 120 Å². The van der Waals surface area contributed by atoms with Gasteiger partial charge in [-0.15, -0.1) is 10.2 Å². The minimum atomic E-state index is -0.353. The number of anilines is 1. The van der Waals surface area contributed by atoms with Gasteiger partial charge in [0.25, 0.3) is 0 Å². The maximum atomic E-state index is 13.6. The second-order valence-electron chi connectivity index (χ2n) is 4.70. The van der Waals surface area contributed by atoms with Gasteiger partial charge < -0.3 is 10.5 Å². The second kappa shape index (κ2) is 5.32. The zero-order valence-electron chi connectivity index (χ0n) is 11.0. The van der Waals surface area contributed by atoms with Crippen LogP contribution in [-0.4, -0.2) is 21.9 Å². The van der Waals surface area contributed by atoms with E-state index in [4.69, 9.17) is 10.5 Å². The molecule has 5 nitrogen and oxygen atoms in total. The van der Waals surface area contributed by atoms with E-state index in [9.17, 15) is 4.39 Å². The number of methoxy groups -OCH3 is 1. The zero-order valence-corrected chi connectivity index (χ0v) is 11.9. The fourth-order valence-corrected chi connectivity index (χ4v) is 2.97. The molecule has 1 saturated carbocycles. The van der Waals surface area contributed by atoms with Crippen LogP contribution in [0.3, 0.4) is 0 Å². The quantitative estimate of drug-likeness (QED) is 0.859. The monoisotopic (exact) mass is 294 g/mol. The molecular formula is C13H15FN4OS. The van der Waals surface area contributed by atoms with Crippen LogP contribution in [0.5, 0.6) is 5.75 Å². The Balaban J connectivity index is 1.72. The summed E-state index contributed by atoms with van der Waals surface area (Å²) in [5, 5.41) is 8.78. The molecule has 106 valence electrons. The average Bonchev–Trinajstić information content (AvgIpc) is 3.20. The molecule has 1 fully saturated rings. The molecule has 3 rings (SSSR count). The third-order valence-electron chi connectivity index (χ3n) is 3.19. The molecule has 2 aromatic rings. The van der Waals surface area contributed by atoms with Crippen molar-refractivity contribution in [2.75, 3.05) is 12.8 Å². The van der Waals surface area contributed by atoms with Gasteiger partial charge in [0, 0.05) is 11.8 Å². The molecule has 20 heavy (non-hydrogen) atoms. The number of nitrogens with zero attached hydrogens (tertiary/aromatic N) is 3. The van der Waals surface area contributed by atoms with Gasteiger partial charge in [-0.05, 0) is 30.5 Å². The molecule has 0 bridgehead atoms. The molecule has 0 atom stereocenters. The topological polar surface area (TPSA) is 66.0 Å². The smallest absolute Gasteiger partial charge is 0.222 e. The molecule has 0 amide bonds. The van der Waals surface area contributed by atoms with E-state index in [0.717, 1.165) is 23.6 Å². The molecule has 1 aliphatic rings. The number of aromatic nitrogens is 3. The van der Waals surface area contributed by atoms with Gasteiger partial charge in [-0.3, -0.25) is 4.57 Å². The molecular weight excluding hydrogens is 279 g/mol. The van der Waals surface area contributed by atoms with E-state index in [1.165, 1.54) is 24.9 Å². The van der Waals surface area contributed by atoms with Crippen molar-refractivity contribution in [2.24, 2.45) is 0 Å². The van der Waals surface area contributed by atoms with E-state index in [0.29, 0.717) is 17.7 Å². The summed E-state index contributed by atoms with van der Waals surface area (Å²) < 4.78 is 20.5. The molecule has 1 aliphatic carbocycles. The Morgan fingerprint density at radius 3 is 2.90 bits per heavy atom. The first-order valence-corrected chi connectivity index (χ1v) is 7.33. The largest absolute Gasteiger partial charge is 0.494 e. The molecule has 0 unspecified atom stereocenters. The van der Waals surface area contributed by atoms with Gasteiger partial charge in [0.05, 0.1) is 7.11 Å². The number of nitrogens with two attached hydrogens (primary N) is 1. The van der Waals surface area contributed by atoms with Crippen LogP contribution in [-0.2, 0) is 5.75 Å². The predicted molar refractivity (Wildman–Crippen MR) is 75.2 cm³/mol. The predicted octanol–water partition coefficient (Wildman–Crippen LogP) is 2.64. The fraction of sp³-hybridized carbons (Fsp3) is 0.385. The third kappa shape index (κ3) is 2.58. The maximum Gasteiger partial charge on any atom is 0.222 e. The summed E-state index contributed by atoms with van der Waals surface area (Å²) in [7, 11) is 1.45. The first-order chi connectivity index (χ1) is 9.69. The van der Waals surface area contributed by atoms with Crippen molar-refractivity contribution in [3.63, 3.8) is 0 Å². The highest BCUT2D eigenvalue weighted by Gasteiger charge is 2.28. The van der Waals surface area contributed by atoms with E-state index < -0.39 is 0 Å². The van der Waals surface area contributed by atoms with Crippen molar-refractivity contribution in [3.05, 3.63) is 29.6 Å². The van der Waals surface area contributed by atoms with Crippen molar-refractivity contribution >= 4 is 17.7 Å². The Morgan fingerprint density at radius 2 is 2.25 bits per heavy atom. The van der Waals surface area contributed by atoms with Crippen LogP contribution in [0.25, 0.3) is 0 Å². The molecule has 0 saturated heterocycles. The minimum absolute atomic E-state index is 0.254. The summed E-state index contributed by atoms with van der Waals surface area (Å²) in [5.41, 5.74) is 6.69. The first-order valence-electron chi connectivity index (χ1n) is 6.34. The molecule has 7 heteroatoms. The van der Waals surface area contributed by atoms with Gasteiger partial charge in [-0.25, -0.2) is 4.39 Å². The van der Waals surface area contributed by atoms with Crippen molar-refractivity contribution in [3.8, 4) is 5.75 Å². The number of benzene rings is 1. The highest BCUT2D eigenvalue weighted by Crippen LogP contribution is 2.39. The lowest BCUT2D eigenvalue weighted by Gasteiger charge is -2.07. The van der Waals surface area contributed by atoms with E-state index in [1.54, 1.807) is 6.07 Å². The molecule has 2 N–H and O–H groups in total. The second-order valence-corrected chi connectivity index (χ2v) is 5.64. The van der Waals surface area contributed by atoms with Crippen LogP contribution in [0.1, 0.15) is 24.4 Å². The SMILES string of the molecule is COc1ccc(CSc2nnc(N)n2C2CC2)cc1F. The summed E-state index contributed by atoms with van der Waals surface area (Å²) in [5.74, 6) is 0.972. The zero-order chi connectivity index (χ0) is 14.1. The Hall–Kier alpha value is -1.76. The van der Waals surface area contributed by atoms with Crippen molar-refractivity contribution in [1.82, 2.24) is 14.8 Å². The average molecular weight is 294 g/mol. The van der Waals surface area contributed by atoms with Gasteiger partial charge in [0.1, 0.15) is 0 Å². The molecule has 1 aromatic heterocycles. The lowest BCUT2D eigenvalue weighted by Crippen LogP contribution is -2.02. The molecule has 0 spiro atoms. The van der Waals surface area contributed by atoms with Gasteiger partial charge in [-0.2, -0.15) is 0 Å². The van der Waals surface area contributed by atoms with Crippen LogP contribution < -0.4 is 10.5 Å². The molecule has 0 aliphatic heterocycles. The summed E-state index contributed by atoms with van der Waals surface area (Å²) >= 11 is 1.51. The first kappa shape index (κ1) is 13.2. The molecule has 1 aromatic carbocycles. The van der Waals surface area contributed by atoms with E-state index in [-0.39, 0.29) is 11.6 Å². The highest BCUT2D eigenvalue weighted by atomic mass is 32.2. The maximum absolute atomic E-state index is 13.6. The van der Waals surface area contributed by atoms with Gasteiger partial charge in [0.2, 0.25) is 5.95 Å². The number of nitrogen functional groups attached to an aromatic ring is 1. The van der Waals surface area contributed by atoms with Gasteiger partial charge in [-0.1, -0.05) is 17.8 Å². The number of rotatable bonds is 5. The number of halogens is 1. The molecule has 0 radical (unpaired) electrons. The number of thioether (sulfide) groups is 1. The summed E-state index contributed by atoms with van der Waals surface area (Å²) in [6.45, 7) is 0. The minimum Gasteiger partial charge on any atom is -0.494 e. The lowest BCUT2D eigenvalue weighted by atomic mass is 10.2. The number of hydrogen-bond acceptors (Lipinski definition) is 5. The van der Waals surface area contributed by atoms with Crippen molar-refractivity contribution in [2.45, 2.75) is 29.8 Å². The van der Waals surface area contributed by atoms with Gasteiger partial charge in [0.15, 0.2) is 16.7 Å². The Morgan fingerprint density at radius 1 is 1.45 bits per heavy atom. The summed E-state index contributed by atoms with van der Waals surface area (Å²) in [6.07, 6.45) is 2.24. The van der Waals surface area contributed by atoms with Crippen molar-refractivity contribution < 1.29 is 9.13 Å². The van der Waals surface area contributed by atoms with E-state index in [2.05, 4.69) is 10.2 Å². The van der Waals surface area contributed by atoms with Crippen LogP contribution >= 0.6 is 11.8 Å². The number of ether oxygens (including phenoxy) is 1. The van der Waals surface area contributed by atoms with Crippen LogP contribution in [0.2, 0.25) is 0 Å². The Bertz CT molecular complexity index is 627. The fourth-order valence-electron chi connectivity index (χ4n) is 2.01. The highest BCUT2D eigenvalue weighted by molar-refractivity contribution is 7.98.